The molecule has 16 heavy (non-hydrogen) atoms. The van der Waals surface area contributed by atoms with E-state index >= 15 is 0 Å². The van der Waals surface area contributed by atoms with Crippen LogP contribution in [0.2, 0.25) is 0 Å². The molecule has 1 N–H and O–H groups in total. The van der Waals surface area contributed by atoms with Crippen LogP contribution < -0.4 is 5.32 Å². The van der Waals surface area contributed by atoms with Crippen molar-refractivity contribution >= 4 is 18.0 Å². The van der Waals surface area contributed by atoms with Crippen LogP contribution in [0.5, 0.6) is 0 Å². The van der Waals surface area contributed by atoms with Crippen molar-refractivity contribution in [1.82, 2.24) is 5.32 Å². The Balaban J connectivity index is 0.00000128. The Labute approximate surface area is 104 Å². The number of benzene rings is 1. The van der Waals surface area contributed by atoms with Gasteiger partial charge in [-0.05, 0) is 55.5 Å². The summed E-state index contributed by atoms with van der Waals surface area (Å²) < 4.78 is 0. The van der Waals surface area contributed by atoms with Crippen LogP contribution in [0.1, 0.15) is 24.0 Å². The Bertz CT molecular complexity index is 354. The molecule has 1 saturated heterocycles. The highest BCUT2D eigenvalue weighted by Crippen LogP contribution is 2.29. The molecule has 1 aliphatic rings. The summed E-state index contributed by atoms with van der Waals surface area (Å²) in [7, 11) is 0. The van der Waals surface area contributed by atoms with Gasteiger partial charge in [0.25, 0.3) is 0 Å². The first-order chi connectivity index (χ1) is 7.29. The zero-order valence-corrected chi connectivity index (χ0v) is 10.6. The van der Waals surface area contributed by atoms with Gasteiger partial charge in [-0.3, -0.25) is 0 Å². The van der Waals surface area contributed by atoms with Crippen LogP contribution in [-0.4, -0.2) is 13.1 Å². The Kier molecular flexibility index (Phi) is 5.04. The summed E-state index contributed by atoms with van der Waals surface area (Å²) in [4.78, 5) is 0. The third-order valence-electron chi connectivity index (χ3n) is 3.32. The Morgan fingerprint density at radius 1 is 1.25 bits per heavy atom. The van der Waals surface area contributed by atoms with Crippen molar-refractivity contribution in [3.63, 3.8) is 0 Å². The van der Waals surface area contributed by atoms with Crippen molar-refractivity contribution in [3.8, 4) is 0 Å². The summed E-state index contributed by atoms with van der Waals surface area (Å²) >= 11 is 0. The van der Waals surface area contributed by atoms with E-state index in [0.717, 1.165) is 13.1 Å². The van der Waals surface area contributed by atoms with Gasteiger partial charge in [-0.1, -0.05) is 30.8 Å². The van der Waals surface area contributed by atoms with E-state index in [-0.39, 0.29) is 12.4 Å². The van der Waals surface area contributed by atoms with Crippen LogP contribution in [0.25, 0.3) is 5.57 Å². The van der Waals surface area contributed by atoms with Crippen LogP contribution in [0, 0.1) is 12.8 Å². The normalized spacial score (nSPS) is 16.6. The Morgan fingerprint density at radius 2 is 1.88 bits per heavy atom. The van der Waals surface area contributed by atoms with E-state index in [1.807, 2.05) is 0 Å². The maximum absolute atomic E-state index is 4.28. The maximum atomic E-state index is 4.28. The molecule has 88 valence electrons. The molecule has 1 nitrogen and oxygen atoms in total. The molecule has 1 aliphatic heterocycles. The molecule has 0 spiro atoms. The molecule has 0 aromatic heterocycles. The lowest BCUT2D eigenvalue weighted by Crippen LogP contribution is -2.28. The number of aryl methyl sites for hydroxylation is 1. The molecule has 2 heteroatoms. The maximum Gasteiger partial charge on any atom is -0.00431 e. The number of piperidine rings is 1. The van der Waals surface area contributed by atoms with Gasteiger partial charge >= 0.3 is 0 Å². The van der Waals surface area contributed by atoms with Gasteiger partial charge in [-0.2, -0.15) is 0 Å². The van der Waals surface area contributed by atoms with E-state index in [1.165, 1.54) is 29.5 Å². The predicted octanol–water partition coefficient (Wildman–Crippen LogP) is 3.43. The standard InChI is InChI=1S/C14H19N.ClH/c1-11-5-3-4-6-14(11)12(2)13-7-9-15-10-8-13;/h3-6,13,15H,2,7-10H2,1H3;1H. The minimum absolute atomic E-state index is 0. The van der Waals surface area contributed by atoms with Crippen LogP contribution >= 0.6 is 12.4 Å². The summed E-state index contributed by atoms with van der Waals surface area (Å²) in [5.74, 6) is 0.673. The van der Waals surface area contributed by atoms with Crippen LogP contribution in [0.4, 0.5) is 0 Å². The van der Waals surface area contributed by atoms with Gasteiger partial charge in [0, 0.05) is 0 Å². The van der Waals surface area contributed by atoms with Crippen LogP contribution in [0.15, 0.2) is 30.8 Å². The molecule has 0 unspecified atom stereocenters. The molecular weight excluding hydrogens is 218 g/mol. The number of halogens is 1. The van der Waals surface area contributed by atoms with Crippen molar-refractivity contribution in [3.05, 3.63) is 42.0 Å². The van der Waals surface area contributed by atoms with Crippen molar-refractivity contribution in [2.24, 2.45) is 5.92 Å². The van der Waals surface area contributed by atoms with Crippen molar-refractivity contribution in [1.29, 1.82) is 0 Å². The van der Waals surface area contributed by atoms with Gasteiger partial charge in [-0.15, -0.1) is 12.4 Å². The molecule has 0 amide bonds. The summed E-state index contributed by atoms with van der Waals surface area (Å²) in [6.07, 6.45) is 2.46. The van der Waals surface area contributed by atoms with Gasteiger partial charge in [0.1, 0.15) is 0 Å². The summed E-state index contributed by atoms with van der Waals surface area (Å²) in [6, 6.07) is 8.56. The first kappa shape index (κ1) is 13.3. The number of rotatable bonds is 2. The third-order valence-corrected chi connectivity index (χ3v) is 3.32. The molecule has 0 atom stereocenters. The highest BCUT2D eigenvalue weighted by Gasteiger charge is 2.17. The van der Waals surface area contributed by atoms with Gasteiger partial charge in [0.15, 0.2) is 0 Å². The number of hydrogen-bond acceptors (Lipinski definition) is 1. The number of nitrogens with one attached hydrogen (secondary N) is 1. The van der Waals surface area contributed by atoms with E-state index in [0.29, 0.717) is 5.92 Å². The van der Waals surface area contributed by atoms with Crippen LogP contribution in [-0.2, 0) is 0 Å². The minimum atomic E-state index is 0. The summed E-state index contributed by atoms with van der Waals surface area (Å²) in [5, 5.41) is 3.39. The lowest BCUT2D eigenvalue weighted by atomic mass is 9.85. The van der Waals surface area contributed by atoms with Crippen molar-refractivity contribution < 1.29 is 0 Å². The zero-order valence-electron chi connectivity index (χ0n) is 9.83. The van der Waals surface area contributed by atoms with E-state index in [4.69, 9.17) is 0 Å². The second-order valence-electron chi connectivity index (χ2n) is 4.36. The third kappa shape index (κ3) is 2.87. The highest BCUT2D eigenvalue weighted by molar-refractivity contribution is 5.85. The van der Waals surface area contributed by atoms with Crippen molar-refractivity contribution in [2.75, 3.05) is 13.1 Å². The predicted molar refractivity (Wildman–Crippen MR) is 73.1 cm³/mol. The SMILES string of the molecule is C=C(c1ccccc1C)C1CCNCC1.Cl. The van der Waals surface area contributed by atoms with Gasteiger partial charge in [0.05, 0.1) is 0 Å². The van der Waals surface area contributed by atoms with Gasteiger partial charge < -0.3 is 5.32 Å². The van der Waals surface area contributed by atoms with Gasteiger partial charge in [-0.25, -0.2) is 0 Å². The first-order valence-electron chi connectivity index (χ1n) is 5.74. The molecule has 0 bridgehead atoms. The number of allylic oxidation sites excluding steroid dienone is 1. The van der Waals surface area contributed by atoms with E-state index in [1.54, 1.807) is 0 Å². The first-order valence-corrected chi connectivity index (χ1v) is 5.74. The molecule has 0 saturated carbocycles. The lowest BCUT2D eigenvalue weighted by Gasteiger charge is -2.25. The van der Waals surface area contributed by atoms with E-state index in [2.05, 4.69) is 43.1 Å². The second-order valence-corrected chi connectivity index (χ2v) is 4.36. The van der Waals surface area contributed by atoms with Crippen LogP contribution in [0.3, 0.4) is 0 Å². The summed E-state index contributed by atoms with van der Waals surface area (Å²) in [6.45, 7) is 8.72. The summed E-state index contributed by atoms with van der Waals surface area (Å²) in [5.41, 5.74) is 4.03. The molecule has 1 fully saturated rings. The lowest BCUT2D eigenvalue weighted by molar-refractivity contribution is 0.447. The average molecular weight is 238 g/mol. The topological polar surface area (TPSA) is 12.0 Å². The molecule has 0 radical (unpaired) electrons. The second kappa shape index (κ2) is 6.07. The largest absolute Gasteiger partial charge is 0.317 e. The quantitative estimate of drug-likeness (QED) is 0.831. The zero-order chi connectivity index (χ0) is 10.7. The molecule has 1 aromatic rings. The highest BCUT2D eigenvalue weighted by atomic mass is 35.5. The molecule has 1 aromatic carbocycles. The van der Waals surface area contributed by atoms with Crippen molar-refractivity contribution in [2.45, 2.75) is 19.8 Å². The Morgan fingerprint density at radius 3 is 2.50 bits per heavy atom. The average Bonchev–Trinajstić information content (AvgIpc) is 2.30. The minimum Gasteiger partial charge on any atom is -0.317 e. The fourth-order valence-electron chi connectivity index (χ4n) is 2.32. The smallest absolute Gasteiger partial charge is 0.00431 e. The van der Waals surface area contributed by atoms with E-state index in [9.17, 15) is 0 Å². The Hall–Kier alpha value is -0.790. The molecular formula is C14H20ClN. The fourth-order valence-corrected chi connectivity index (χ4v) is 2.32. The van der Waals surface area contributed by atoms with Gasteiger partial charge in [0.2, 0.25) is 0 Å². The molecule has 0 aliphatic carbocycles. The number of hydrogen-bond donors (Lipinski definition) is 1. The van der Waals surface area contributed by atoms with E-state index < -0.39 is 0 Å². The fraction of sp³-hybridized carbons (Fsp3) is 0.429. The molecule has 2 rings (SSSR count). The monoisotopic (exact) mass is 237 g/mol. The molecule has 1 heterocycles.